The van der Waals surface area contributed by atoms with Crippen molar-refractivity contribution in [1.29, 1.82) is 0 Å². The van der Waals surface area contributed by atoms with E-state index in [1.807, 2.05) is 25.3 Å². The van der Waals surface area contributed by atoms with E-state index in [9.17, 15) is 4.79 Å². The van der Waals surface area contributed by atoms with Crippen molar-refractivity contribution < 1.29 is 4.79 Å². The second kappa shape index (κ2) is 6.66. The highest BCUT2D eigenvalue weighted by Gasteiger charge is 2.09. The molecule has 0 fully saturated rings. The third kappa shape index (κ3) is 3.77. The predicted molar refractivity (Wildman–Crippen MR) is 82.6 cm³/mol. The van der Waals surface area contributed by atoms with Gasteiger partial charge in [0.2, 0.25) is 5.91 Å². The van der Waals surface area contributed by atoms with Crippen molar-refractivity contribution in [3.8, 4) is 0 Å². The molecule has 0 aliphatic heterocycles. The molecule has 4 heteroatoms. The number of aromatic amines is 1. The molecule has 0 bridgehead atoms. The Labute approximate surface area is 118 Å². The maximum atomic E-state index is 11.8. The van der Waals surface area contributed by atoms with Gasteiger partial charge in [0.25, 0.3) is 0 Å². The quantitative estimate of drug-likeness (QED) is 0.852. The minimum absolute atomic E-state index is 0.131. The SMILES string of the molecule is CSCC(C)NC(=O)CCc1c[nH]c2ccccc12. The van der Waals surface area contributed by atoms with Gasteiger partial charge in [0, 0.05) is 35.3 Å². The van der Waals surface area contributed by atoms with Crippen LogP contribution in [0.5, 0.6) is 0 Å². The van der Waals surface area contributed by atoms with Gasteiger partial charge in [-0.2, -0.15) is 11.8 Å². The van der Waals surface area contributed by atoms with Gasteiger partial charge in [-0.15, -0.1) is 0 Å². The van der Waals surface area contributed by atoms with E-state index in [1.165, 1.54) is 10.9 Å². The fraction of sp³-hybridized carbons (Fsp3) is 0.400. The first kappa shape index (κ1) is 14.0. The van der Waals surface area contributed by atoms with E-state index < -0.39 is 0 Å². The molecule has 0 aliphatic carbocycles. The number of hydrogen-bond donors (Lipinski definition) is 2. The van der Waals surface area contributed by atoms with Crippen LogP contribution in [0.25, 0.3) is 10.9 Å². The Morgan fingerprint density at radius 3 is 3.00 bits per heavy atom. The Bertz CT molecular complexity index is 550. The second-order valence-corrected chi connectivity index (χ2v) is 5.69. The van der Waals surface area contributed by atoms with E-state index in [1.54, 1.807) is 11.8 Å². The minimum atomic E-state index is 0.131. The Hall–Kier alpha value is -1.42. The lowest BCUT2D eigenvalue weighted by molar-refractivity contribution is -0.121. The number of carbonyl (C=O) groups is 1. The van der Waals surface area contributed by atoms with Crippen LogP contribution in [0.2, 0.25) is 0 Å². The molecule has 2 aromatic rings. The Balaban J connectivity index is 1.90. The molecule has 19 heavy (non-hydrogen) atoms. The first-order valence-electron chi connectivity index (χ1n) is 6.54. The molecule has 1 aromatic carbocycles. The zero-order valence-electron chi connectivity index (χ0n) is 11.4. The van der Waals surface area contributed by atoms with Crippen molar-refractivity contribution in [3.05, 3.63) is 36.0 Å². The summed E-state index contributed by atoms with van der Waals surface area (Å²) >= 11 is 1.75. The average molecular weight is 276 g/mol. The minimum Gasteiger partial charge on any atom is -0.361 e. The van der Waals surface area contributed by atoms with Crippen LogP contribution in [-0.2, 0) is 11.2 Å². The number of rotatable bonds is 6. The van der Waals surface area contributed by atoms with E-state index >= 15 is 0 Å². The fourth-order valence-electron chi connectivity index (χ4n) is 2.23. The fourth-order valence-corrected chi connectivity index (χ4v) is 2.81. The zero-order valence-corrected chi connectivity index (χ0v) is 12.2. The van der Waals surface area contributed by atoms with Gasteiger partial charge in [0.05, 0.1) is 0 Å². The standard InChI is InChI=1S/C15H20N2OS/c1-11(10-19-2)17-15(18)8-7-12-9-16-14-6-4-3-5-13(12)14/h3-6,9,11,16H,7-8,10H2,1-2H3,(H,17,18). The summed E-state index contributed by atoms with van der Waals surface area (Å²) in [4.78, 5) is 15.1. The molecule has 1 unspecified atom stereocenters. The first-order valence-corrected chi connectivity index (χ1v) is 7.93. The highest BCUT2D eigenvalue weighted by atomic mass is 32.2. The molecule has 0 radical (unpaired) electrons. The van der Waals surface area contributed by atoms with E-state index in [-0.39, 0.29) is 11.9 Å². The molecule has 1 aromatic heterocycles. The van der Waals surface area contributed by atoms with Gasteiger partial charge in [-0.3, -0.25) is 4.79 Å². The van der Waals surface area contributed by atoms with Crippen LogP contribution in [-0.4, -0.2) is 28.9 Å². The molecule has 2 N–H and O–H groups in total. The largest absolute Gasteiger partial charge is 0.361 e. The lowest BCUT2D eigenvalue weighted by Gasteiger charge is -2.12. The number of aryl methyl sites for hydroxylation is 1. The number of amides is 1. The Morgan fingerprint density at radius 1 is 1.42 bits per heavy atom. The summed E-state index contributed by atoms with van der Waals surface area (Å²) in [7, 11) is 0. The summed E-state index contributed by atoms with van der Waals surface area (Å²) in [6.07, 6.45) is 5.38. The summed E-state index contributed by atoms with van der Waals surface area (Å²) in [5, 5.41) is 4.24. The molecule has 1 atom stereocenters. The summed E-state index contributed by atoms with van der Waals surface area (Å²) < 4.78 is 0. The van der Waals surface area contributed by atoms with Crippen molar-refractivity contribution in [2.45, 2.75) is 25.8 Å². The number of para-hydroxylation sites is 1. The van der Waals surface area contributed by atoms with Gasteiger partial charge in [-0.1, -0.05) is 18.2 Å². The third-order valence-corrected chi connectivity index (χ3v) is 3.95. The monoisotopic (exact) mass is 276 g/mol. The van der Waals surface area contributed by atoms with Crippen molar-refractivity contribution in [1.82, 2.24) is 10.3 Å². The molecule has 2 rings (SSSR count). The van der Waals surface area contributed by atoms with Gasteiger partial charge in [-0.05, 0) is 31.2 Å². The molecule has 0 aliphatic rings. The van der Waals surface area contributed by atoms with Crippen LogP contribution in [0.15, 0.2) is 30.5 Å². The van der Waals surface area contributed by atoms with E-state index in [2.05, 4.69) is 28.7 Å². The molecule has 0 spiro atoms. The van der Waals surface area contributed by atoms with Gasteiger partial charge >= 0.3 is 0 Å². The molecular weight excluding hydrogens is 256 g/mol. The predicted octanol–water partition coefficient (Wildman–Crippen LogP) is 2.97. The molecule has 0 saturated carbocycles. The van der Waals surface area contributed by atoms with Gasteiger partial charge in [-0.25, -0.2) is 0 Å². The average Bonchev–Trinajstić information content (AvgIpc) is 2.80. The number of thioether (sulfide) groups is 1. The van der Waals surface area contributed by atoms with Crippen LogP contribution in [0.4, 0.5) is 0 Å². The summed E-state index contributed by atoms with van der Waals surface area (Å²) in [6.45, 7) is 2.04. The van der Waals surface area contributed by atoms with E-state index in [0.29, 0.717) is 6.42 Å². The topological polar surface area (TPSA) is 44.9 Å². The summed E-state index contributed by atoms with van der Waals surface area (Å²) in [6, 6.07) is 8.43. The molecule has 1 amide bonds. The Morgan fingerprint density at radius 2 is 2.21 bits per heavy atom. The smallest absolute Gasteiger partial charge is 0.220 e. The molecule has 0 saturated heterocycles. The van der Waals surface area contributed by atoms with Gasteiger partial charge in [0.1, 0.15) is 0 Å². The third-order valence-electron chi connectivity index (χ3n) is 3.12. The highest BCUT2D eigenvalue weighted by Crippen LogP contribution is 2.18. The number of H-pyrrole nitrogens is 1. The summed E-state index contributed by atoms with van der Waals surface area (Å²) in [5.41, 5.74) is 2.34. The first-order chi connectivity index (χ1) is 9.20. The molecule has 102 valence electrons. The van der Waals surface area contributed by atoms with Crippen molar-refractivity contribution in [2.75, 3.05) is 12.0 Å². The number of aromatic nitrogens is 1. The van der Waals surface area contributed by atoms with Crippen molar-refractivity contribution in [3.63, 3.8) is 0 Å². The van der Waals surface area contributed by atoms with Gasteiger partial charge in [0.15, 0.2) is 0 Å². The van der Waals surface area contributed by atoms with Crippen molar-refractivity contribution in [2.24, 2.45) is 0 Å². The number of fused-ring (bicyclic) bond motifs is 1. The van der Waals surface area contributed by atoms with E-state index in [4.69, 9.17) is 0 Å². The van der Waals surface area contributed by atoms with Gasteiger partial charge < -0.3 is 10.3 Å². The lowest BCUT2D eigenvalue weighted by atomic mass is 10.1. The number of hydrogen-bond acceptors (Lipinski definition) is 2. The number of nitrogens with one attached hydrogen (secondary N) is 2. The molecular formula is C15H20N2OS. The number of carbonyl (C=O) groups excluding carboxylic acids is 1. The normalized spacial score (nSPS) is 12.5. The van der Waals surface area contributed by atoms with Crippen LogP contribution in [0.1, 0.15) is 18.9 Å². The van der Waals surface area contributed by atoms with E-state index in [0.717, 1.165) is 17.7 Å². The van der Waals surface area contributed by atoms with Crippen LogP contribution in [0.3, 0.4) is 0 Å². The highest BCUT2D eigenvalue weighted by molar-refractivity contribution is 7.98. The van der Waals surface area contributed by atoms with Crippen molar-refractivity contribution >= 4 is 28.6 Å². The maximum Gasteiger partial charge on any atom is 0.220 e. The second-order valence-electron chi connectivity index (χ2n) is 4.78. The van der Waals surface area contributed by atoms with Crippen LogP contribution in [0, 0.1) is 0 Å². The van der Waals surface area contributed by atoms with Crippen LogP contribution >= 0.6 is 11.8 Å². The molecule has 1 heterocycles. The maximum absolute atomic E-state index is 11.8. The summed E-state index contributed by atoms with van der Waals surface area (Å²) in [5.74, 6) is 1.09. The molecule has 3 nitrogen and oxygen atoms in total. The Kier molecular flexibility index (Phi) is 4.91. The lowest BCUT2D eigenvalue weighted by Crippen LogP contribution is -2.34. The number of benzene rings is 1. The zero-order chi connectivity index (χ0) is 13.7. The van der Waals surface area contributed by atoms with Crippen LogP contribution < -0.4 is 5.32 Å².